The number of carbonyl (C=O) groups excluding carboxylic acids is 5. The first kappa shape index (κ1) is 42.7. The highest BCUT2D eigenvalue weighted by atomic mass is 16.6. The molecular formula is C41H26O26. The van der Waals surface area contributed by atoms with Crippen LogP contribution in [-0.2, 0) is 23.7 Å². The lowest BCUT2D eigenvalue weighted by Gasteiger charge is -2.40. The molecule has 10 rings (SSSR count). The van der Waals surface area contributed by atoms with E-state index in [4.69, 9.17) is 23.7 Å². The lowest BCUT2D eigenvalue weighted by molar-refractivity contribution is -0.154. The number of cyclic esters (lactones) is 1. The first-order chi connectivity index (χ1) is 31.5. The van der Waals surface area contributed by atoms with E-state index in [1.54, 1.807) is 0 Å². The third-order valence-corrected chi connectivity index (χ3v) is 11.4. The number of phenols is 15. The lowest BCUT2D eigenvalue weighted by atomic mass is 9.80. The predicted molar refractivity (Wildman–Crippen MR) is 206 cm³/mol. The van der Waals surface area contributed by atoms with Gasteiger partial charge in [-0.15, -0.1) is 0 Å². The lowest BCUT2D eigenvalue weighted by Crippen LogP contribution is -2.56. The number of phenolic OH excluding ortho intramolecular Hbond substituents is 15. The summed E-state index contributed by atoms with van der Waals surface area (Å²) in [7, 11) is 0. The third kappa shape index (κ3) is 5.68. The average molecular weight is 935 g/mol. The fourth-order valence-corrected chi connectivity index (χ4v) is 8.39. The minimum atomic E-state index is -2.79. The monoisotopic (exact) mass is 934 g/mol. The Bertz CT molecular complexity index is 3190. The highest BCUT2D eigenvalue weighted by molar-refractivity contribution is 6.16. The Morgan fingerprint density at radius 3 is 1.21 bits per heavy atom. The first-order valence-electron chi connectivity index (χ1n) is 18.6. The van der Waals surface area contributed by atoms with Gasteiger partial charge in [0.05, 0.1) is 27.8 Å². The molecule has 0 aliphatic carbocycles. The number of benzene rings is 5. The van der Waals surface area contributed by atoms with Crippen molar-refractivity contribution >= 4 is 29.8 Å². The molecule has 0 saturated heterocycles. The predicted octanol–water partition coefficient (Wildman–Crippen LogP) is 1.32. The number of carbonyl (C=O) groups is 5. The summed E-state index contributed by atoms with van der Waals surface area (Å²) in [5.74, 6) is -32.1. The van der Waals surface area contributed by atoms with Crippen molar-refractivity contribution in [2.45, 2.75) is 30.5 Å². The molecule has 0 spiro atoms. The van der Waals surface area contributed by atoms with Gasteiger partial charge in [-0.3, -0.25) is 0 Å². The van der Waals surface area contributed by atoms with Crippen molar-refractivity contribution in [1.82, 2.24) is 0 Å². The molecule has 5 aliphatic heterocycles. The Hall–Kier alpha value is -9.59. The van der Waals surface area contributed by atoms with Gasteiger partial charge in [-0.1, -0.05) is 0 Å². The van der Waals surface area contributed by atoms with Crippen LogP contribution in [0.4, 0.5) is 0 Å². The van der Waals surface area contributed by atoms with Gasteiger partial charge in [-0.25, -0.2) is 24.0 Å². The van der Waals surface area contributed by atoms with Crippen molar-refractivity contribution in [1.29, 1.82) is 0 Å². The Balaban J connectivity index is 1.44. The summed E-state index contributed by atoms with van der Waals surface area (Å²) >= 11 is 0. The maximum atomic E-state index is 15.0. The standard InChI is InChI=1S/C41H26O26/c42-8-1-5-12(24(48)21(8)45)13-6(2-9(43)22(46)25(13)49)39(60)65-34-11(4-63-37(5)58)64-38(59)7-3-10(44)23(47)26(50)14(7)15-18-16(28(52)32(56)27(15)51)17-19-20(30(54)33(57)29(17)53)31(55)35(66-41(19)62)36(34)67-40(18)61/h1-3,11,31,34-36,42-57H,4H2/t11-,31-,34-,35-,36+/m1/s1. The van der Waals surface area contributed by atoms with Gasteiger partial charge in [0.25, 0.3) is 0 Å². The number of fused-ring (bicyclic) bond motifs is 7. The second-order valence-electron chi connectivity index (χ2n) is 15.0. The van der Waals surface area contributed by atoms with E-state index >= 15 is 0 Å². The van der Waals surface area contributed by atoms with E-state index in [0.29, 0.717) is 18.2 Å². The molecule has 26 heteroatoms. The molecule has 0 fully saturated rings. The van der Waals surface area contributed by atoms with Crippen LogP contribution in [0, 0.1) is 0 Å². The van der Waals surface area contributed by atoms with Crippen molar-refractivity contribution in [3.8, 4) is 120 Å². The summed E-state index contributed by atoms with van der Waals surface area (Å²) in [6.07, 6.45) is -13.4. The van der Waals surface area contributed by atoms with Gasteiger partial charge < -0.3 is 105 Å². The number of aliphatic hydroxyl groups excluding tert-OH is 1. The molecule has 0 aromatic heterocycles. The summed E-state index contributed by atoms with van der Waals surface area (Å²) in [5, 5.41) is 177. The van der Waals surface area contributed by atoms with Crippen molar-refractivity contribution < 1.29 is 129 Å². The molecule has 5 atom stereocenters. The highest BCUT2D eigenvalue weighted by Crippen LogP contribution is 2.62. The zero-order valence-electron chi connectivity index (χ0n) is 32.6. The van der Waals surface area contributed by atoms with E-state index in [1.807, 2.05) is 0 Å². The molecule has 5 aliphatic rings. The maximum absolute atomic E-state index is 15.0. The van der Waals surface area contributed by atoms with E-state index in [2.05, 4.69) is 0 Å². The van der Waals surface area contributed by atoms with Gasteiger partial charge >= 0.3 is 29.8 Å². The van der Waals surface area contributed by atoms with Crippen molar-refractivity contribution in [2.24, 2.45) is 0 Å². The highest BCUT2D eigenvalue weighted by Gasteiger charge is 2.55. The third-order valence-electron chi connectivity index (χ3n) is 11.4. The Morgan fingerprint density at radius 1 is 0.343 bits per heavy atom. The zero-order chi connectivity index (χ0) is 48.7. The largest absolute Gasteiger partial charge is 0.504 e. The molecule has 0 amide bonds. The number of hydrogen-bond donors (Lipinski definition) is 16. The van der Waals surface area contributed by atoms with Crippen LogP contribution >= 0.6 is 0 Å². The molecule has 16 N–H and O–H groups in total. The van der Waals surface area contributed by atoms with E-state index in [9.17, 15) is 106 Å². The molecule has 5 heterocycles. The second kappa shape index (κ2) is 14.2. The maximum Gasteiger partial charge on any atom is 0.340 e. The minimum Gasteiger partial charge on any atom is -0.504 e. The number of ether oxygens (including phenoxy) is 5. The molecule has 67 heavy (non-hydrogen) atoms. The van der Waals surface area contributed by atoms with Crippen LogP contribution in [0.25, 0.3) is 33.4 Å². The SMILES string of the molecule is O=C1OC[C@H]2OC(=O)c3cc(O)c(O)c(O)c3-c3c(O)c(O)c(O)c4c3C(=O)O[C@H]([C@@H]3OC(=O)c5c-4c(O)c(O)c(O)c5[C@H]3O)[C@@H]2OC(=O)c2cc(O)c(O)c(O)c2-c2c1cc(O)c(O)c2O. The summed E-state index contributed by atoms with van der Waals surface area (Å²) in [5.41, 5.74) is -14.9. The van der Waals surface area contributed by atoms with Crippen LogP contribution in [-0.4, -0.2) is 143 Å². The van der Waals surface area contributed by atoms with E-state index < -0.39 is 220 Å². The first-order valence-corrected chi connectivity index (χ1v) is 18.6. The molecular weight excluding hydrogens is 908 g/mol. The van der Waals surface area contributed by atoms with Crippen LogP contribution in [0.3, 0.4) is 0 Å². The van der Waals surface area contributed by atoms with Crippen molar-refractivity contribution in [2.75, 3.05) is 6.61 Å². The second-order valence-corrected chi connectivity index (χ2v) is 15.0. The quantitative estimate of drug-likeness (QED) is 0.0591. The Labute approximate surface area is 367 Å². The zero-order valence-corrected chi connectivity index (χ0v) is 32.6. The number of aliphatic hydroxyl groups is 1. The molecule has 5 aromatic carbocycles. The fourth-order valence-electron chi connectivity index (χ4n) is 8.39. The summed E-state index contributed by atoms with van der Waals surface area (Å²) < 4.78 is 27.8. The molecule has 346 valence electrons. The van der Waals surface area contributed by atoms with Gasteiger partial charge in [0.15, 0.2) is 81.9 Å². The number of rotatable bonds is 0. The van der Waals surface area contributed by atoms with Gasteiger partial charge in [-0.05, 0) is 18.2 Å². The Kier molecular flexibility index (Phi) is 9.05. The number of esters is 5. The summed E-state index contributed by atoms with van der Waals surface area (Å²) in [6, 6.07) is 1.07. The molecule has 6 bridgehead atoms. The number of aromatic hydroxyl groups is 15. The van der Waals surface area contributed by atoms with E-state index in [0.717, 1.165) is 0 Å². The van der Waals surface area contributed by atoms with Crippen LogP contribution in [0.5, 0.6) is 86.2 Å². The minimum absolute atomic E-state index is 0.323. The molecule has 5 aromatic rings. The molecule has 0 unspecified atom stereocenters. The smallest absolute Gasteiger partial charge is 0.340 e. The topological polar surface area (TPSA) is 455 Å². The van der Waals surface area contributed by atoms with Gasteiger partial charge in [0.1, 0.15) is 12.7 Å². The summed E-state index contributed by atoms with van der Waals surface area (Å²) in [6.45, 7) is -1.51. The number of hydrogen-bond acceptors (Lipinski definition) is 26. The van der Waals surface area contributed by atoms with Crippen molar-refractivity contribution in [3.63, 3.8) is 0 Å². The van der Waals surface area contributed by atoms with Gasteiger partial charge in [0.2, 0.25) is 28.7 Å². The van der Waals surface area contributed by atoms with E-state index in [1.165, 1.54) is 0 Å². The van der Waals surface area contributed by atoms with Crippen LogP contribution in [0.15, 0.2) is 18.2 Å². The molecule has 0 saturated carbocycles. The van der Waals surface area contributed by atoms with E-state index in [-0.39, 0.29) is 0 Å². The van der Waals surface area contributed by atoms with Crippen LogP contribution in [0.1, 0.15) is 63.5 Å². The normalized spacial score (nSPS) is 20.6. The van der Waals surface area contributed by atoms with Gasteiger partial charge in [-0.2, -0.15) is 0 Å². The summed E-state index contributed by atoms with van der Waals surface area (Å²) in [4.78, 5) is 72.4. The van der Waals surface area contributed by atoms with Crippen molar-refractivity contribution in [3.05, 3.63) is 51.6 Å². The Morgan fingerprint density at radius 2 is 0.701 bits per heavy atom. The molecule has 26 nitrogen and oxygen atoms in total. The van der Waals surface area contributed by atoms with Gasteiger partial charge in [0, 0.05) is 38.9 Å². The molecule has 0 radical (unpaired) electrons. The fraction of sp³-hybridized carbons (Fsp3) is 0.146. The van der Waals surface area contributed by atoms with Crippen LogP contribution in [0.2, 0.25) is 0 Å². The average Bonchev–Trinajstić information content (AvgIpc) is 3.30. The van der Waals surface area contributed by atoms with Crippen LogP contribution < -0.4 is 0 Å².